The van der Waals surface area contributed by atoms with Crippen LogP contribution in [0.5, 0.6) is 0 Å². The molecule has 4 nitrogen and oxygen atoms in total. The van der Waals surface area contributed by atoms with Crippen LogP contribution >= 0.6 is 45.5 Å². The quantitative estimate of drug-likeness (QED) is 0.434. The monoisotopic (exact) mass is 397 g/mol. The van der Waals surface area contributed by atoms with Crippen LogP contribution in [-0.4, -0.2) is 31.1 Å². The van der Waals surface area contributed by atoms with Crippen LogP contribution < -0.4 is 0 Å². The average Bonchev–Trinajstić information content (AvgIpc) is 1.84. The number of likely N-dealkylation sites (N-methyl/N-ethyl adjacent to an activating group) is 1. The van der Waals surface area contributed by atoms with Crippen molar-refractivity contribution in [2.75, 3.05) is 7.05 Å². The molecule has 0 aliphatic heterocycles. The molecule has 1 atom stereocenters. The topological polar surface area (TPSA) is 57.6 Å². The van der Waals surface area contributed by atoms with Crippen molar-refractivity contribution in [2.45, 2.75) is 18.9 Å². The molecule has 0 aromatic heterocycles. The molecule has 0 unspecified atom stereocenters. The largest absolute Gasteiger partial charge is 0.480 e. The lowest BCUT2D eigenvalue weighted by molar-refractivity contribution is -0.140. The standard InChI is InChI=1S/C6H9I2NO3/c1-9(8)4(6(11)12)2-3-5(7)10/h4H,2-3H2,1H3,(H,11,12)/t4-/m1/s1. The summed E-state index contributed by atoms with van der Waals surface area (Å²) < 4.78 is 1.57. The van der Waals surface area contributed by atoms with Crippen LogP contribution in [0.2, 0.25) is 0 Å². The van der Waals surface area contributed by atoms with Gasteiger partial charge >= 0.3 is 5.97 Å². The fourth-order valence-electron chi connectivity index (χ4n) is 0.704. The highest BCUT2D eigenvalue weighted by Gasteiger charge is 2.20. The SMILES string of the molecule is CN(I)[C@H](CCC(=O)I)C(=O)O. The fourth-order valence-corrected chi connectivity index (χ4v) is 1.53. The summed E-state index contributed by atoms with van der Waals surface area (Å²) in [6, 6.07) is -0.565. The highest BCUT2D eigenvalue weighted by Crippen LogP contribution is 2.11. The third-order valence-corrected chi connectivity index (χ3v) is 2.54. The Balaban J connectivity index is 3.97. The summed E-state index contributed by atoms with van der Waals surface area (Å²) in [6.45, 7) is 0. The molecule has 0 aromatic carbocycles. The first kappa shape index (κ1) is 12.6. The Morgan fingerprint density at radius 1 is 1.58 bits per heavy atom. The van der Waals surface area contributed by atoms with Gasteiger partial charge in [-0.3, -0.25) is 9.59 Å². The lowest BCUT2D eigenvalue weighted by Crippen LogP contribution is -2.32. The predicted octanol–water partition coefficient (Wildman–Crippen LogP) is 1.46. The number of carbonyl (C=O) groups excluding carboxylic acids is 1. The van der Waals surface area contributed by atoms with E-state index in [1.165, 1.54) is 0 Å². The molecule has 0 saturated carbocycles. The number of halogens is 2. The van der Waals surface area contributed by atoms with Gasteiger partial charge in [-0.15, -0.1) is 0 Å². The van der Waals surface area contributed by atoms with E-state index in [1.54, 1.807) is 32.8 Å². The van der Waals surface area contributed by atoms with Crippen molar-refractivity contribution in [1.29, 1.82) is 0 Å². The summed E-state index contributed by atoms with van der Waals surface area (Å²) in [6.07, 6.45) is 0.682. The van der Waals surface area contributed by atoms with E-state index in [2.05, 4.69) is 0 Å². The Kier molecular flexibility index (Phi) is 6.36. The van der Waals surface area contributed by atoms with Crippen LogP contribution in [0.4, 0.5) is 0 Å². The third-order valence-electron chi connectivity index (χ3n) is 1.33. The normalized spacial score (nSPS) is 13.0. The van der Waals surface area contributed by atoms with Gasteiger partial charge in [0.1, 0.15) is 6.04 Å². The number of carboxylic acid groups (broad SMARTS) is 1. The van der Waals surface area contributed by atoms with E-state index >= 15 is 0 Å². The summed E-state index contributed by atoms with van der Waals surface area (Å²) >= 11 is 3.58. The van der Waals surface area contributed by atoms with Crippen molar-refractivity contribution < 1.29 is 14.7 Å². The number of hydrogen-bond donors (Lipinski definition) is 1. The highest BCUT2D eigenvalue weighted by atomic mass is 127. The third kappa shape index (κ3) is 5.25. The van der Waals surface area contributed by atoms with E-state index in [0.29, 0.717) is 12.8 Å². The molecule has 0 aromatic rings. The fraction of sp³-hybridized carbons (Fsp3) is 0.667. The van der Waals surface area contributed by atoms with Gasteiger partial charge in [0.2, 0.25) is 0 Å². The molecule has 0 saturated heterocycles. The van der Waals surface area contributed by atoms with Crippen LogP contribution in [-0.2, 0) is 9.59 Å². The smallest absolute Gasteiger partial charge is 0.321 e. The highest BCUT2D eigenvalue weighted by molar-refractivity contribution is 14.1. The minimum Gasteiger partial charge on any atom is -0.480 e. The molecule has 0 rings (SSSR count). The number of carbonyl (C=O) groups is 2. The van der Waals surface area contributed by atoms with E-state index < -0.39 is 12.0 Å². The molecule has 0 fully saturated rings. The molecule has 0 aliphatic carbocycles. The summed E-state index contributed by atoms with van der Waals surface area (Å²) in [5, 5.41) is 8.70. The summed E-state index contributed by atoms with van der Waals surface area (Å²) in [5.74, 6) is -0.885. The maximum absolute atomic E-state index is 10.6. The first-order valence-corrected chi connectivity index (χ1v) is 5.29. The van der Waals surface area contributed by atoms with Crippen molar-refractivity contribution in [1.82, 2.24) is 3.11 Å². The Bertz CT molecular complexity index is 184. The van der Waals surface area contributed by atoms with E-state index in [9.17, 15) is 9.59 Å². The second-order valence-corrected chi connectivity index (χ2v) is 5.00. The Labute approximate surface area is 98.3 Å². The zero-order chi connectivity index (χ0) is 9.72. The molecule has 0 radical (unpaired) electrons. The molecule has 0 amide bonds. The predicted molar refractivity (Wildman–Crippen MR) is 61.5 cm³/mol. The lowest BCUT2D eigenvalue weighted by atomic mass is 10.2. The van der Waals surface area contributed by atoms with Gasteiger partial charge in [-0.25, -0.2) is 3.11 Å². The van der Waals surface area contributed by atoms with Gasteiger partial charge in [0.05, 0.1) is 0 Å². The molecule has 1 N–H and O–H groups in total. The second kappa shape index (κ2) is 6.08. The number of nitrogens with zero attached hydrogens (tertiary/aromatic N) is 1. The minimum atomic E-state index is -0.885. The Hall–Kier alpha value is 0.560. The molecule has 0 spiro atoms. The van der Waals surface area contributed by atoms with Crippen molar-refractivity contribution in [2.24, 2.45) is 0 Å². The maximum atomic E-state index is 10.6. The number of hydrogen-bond acceptors (Lipinski definition) is 3. The first-order chi connectivity index (χ1) is 5.45. The van der Waals surface area contributed by atoms with Crippen LogP contribution in [0.25, 0.3) is 0 Å². The van der Waals surface area contributed by atoms with Crippen LogP contribution in [0, 0.1) is 0 Å². The van der Waals surface area contributed by atoms with Crippen molar-refractivity contribution in [3.05, 3.63) is 0 Å². The molecular formula is C6H9I2NO3. The van der Waals surface area contributed by atoms with Crippen LogP contribution in [0.3, 0.4) is 0 Å². The van der Waals surface area contributed by atoms with Gasteiger partial charge in [0, 0.05) is 29.3 Å². The van der Waals surface area contributed by atoms with Crippen LogP contribution in [0.15, 0.2) is 0 Å². The van der Waals surface area contributed by atoms with Crippen molar-refractivity contribution in [3.8, 4) is 0 Å². The van der Waals surface area contributed by atoms with E-state index in [-0.39, 0.29) is 3.79 Å². The molecule has 70 valence electrons. The second-order valence-electron chi connectivity index (χ2n) is 2.27. The van der Waals surface area contributed by atoms with Crippen molar-refractivity contribution >= 4 is 55.2 Å². The van der Waals surface area contributed by atoms with E-state index in [0.717, 1.165) is 0 Å². The summed E-state index contributed by atoms with van der Waals surface area (Å²) in [5.41, 5.74) is 0. The molecule has 6 heteroatoms. The van der Waals surface area contributed by atoms with Crippen LogP contribution in [0.1, 0.15) is 12.8 Å². The number of carboxylic acids is 1. The van der Waals surface area contributed by atoms with Gasteiger partial charge in [-0.2, -0.15) is 0 Å². The Morgan fingerprint density at radius 3 is 2.33 bits per heavy atom. The van der Waals surface area contributed by atoms with E-state index in [1.807, 2.05) is 22.9 Å². The summed E-state index contributed by atoms with van der Waals surface area (Å²) in [7, 11) is 1.68. The Morgan fingerprint density at radius 2 is 2.08 bits per heavy atom. The van der Waals surface area contributed by atoms with E-state index in [4.69, 9.17) is 5.11 Å². The molecule has 0 bridgehead atoms. The van der Waals surface area contributed by atoms with Gasteiger partial charge in [-0.05, 0) is 36.1 Å². The zero-order valence-electron chi connectivity index (χ0n) is 6.46. The van der Waals surface area contributed by atoms with Gasteiger partial charge < -0.3 is 5.11 Å². The molecule has 0 heterocycles. The first-order valence-electron chi connectivity index (χ1n) is 3.25. The number of aliphatic carboxylic acids is 1. The minimum absolute atomic E-state index is 0.00269. The van der Waals surface area contributed by atoms with Crippen molar-refractivity contribution in [3.63, 3.8) is 0 Å². The molecular weight excluding hydrogens is 388 g/mol. The van der Waals surface area contributed by atoms with Gasteiger partial charge in [0.15, 0.2) is 3.79 Å². The zero-order valence-corrected chi connectivity index (χ0v) is 10.8. The maximum Gasteiger partial charge on any atom is 0.321 e. The number of rotatable bonds is 5. The molecule has 12 heavy (non-hydrogen) atoms. The average molecular weight is 397 g/mol. The lowest BCUT2D eigenvalue weighted by Gasteiger charge is -2.16. The van der Waals surface area contributed by atoms with Gasteiger partial charge in [0.25, 0.3) is 0 Å². The summed E-state index contributed by atoms with van der Waals surface area (Å²) in [4.78, 5) is 21.2. The molecule has 0 aliphatic rings. The van der Waals surface area contributed by atoms with Gasteiger partial charge in [-0.1, -0.05) is 0 Å².